The maximum absolute atomic E-state index is 15.4. The van der Waals surface area contributed by atoms with Crippen LogP contribution in [0.2, 0.25) is 0 Å². The Kier molecular flexibility index (Phi) is 6.20. The number of hydrogen-bond donors (Lipinski definition) is 2. The Bertz CT molecular complexity index is 1240. The van der Waals surface area contributed by atoms with E-state index in [4.69, 9.17) is 4.52 Å². The number of halogens is 1. The number of amides is 2. The summed E-state index contributed by atoms with van der Waals surface area (Å²) in [4.78, 5) is 33.0. The summed E-state index contributed by atoms with van der Waals surface area (Å²) in [5.74, 6) is -0.220. The van der Waals surface area contributed by atoms with Crippen molar-refractivity contribution in [2.24, 2.45) is 5.92 Å². The van der Waals surface area contributed by atoms with Gasteiger partial charge in [-0.15, -0.1) is 0 Å². The van der Waals surface area contributed by atoms with Gasteiger partial charge in [-0.1, -0.05) is 38.1 Å². The summed E-state index contributed by atoms with van der Waals surface area (Å²) in [6, 6.07) is 6.30. The van der Waals surface area contributed by atoms with Gasteiger partial charge >= 0.3 is 0 Å². The molecule has 1 saturated carbocycles. The van der Waals surface area contributed by atoms with Gasteiger partial charge in [0.2, 0.25) is 11.8 Å². The number of benzene rings is 1. The first kappa shape index (κ1) is 23.5. The molecule has 1 aliphatic rings. The van der Waals surface area contributed by atoms with Gasteiger partial charge in [0.05, 0.1) is 6.04 Å². The predicted molar refractivity (Wildman–Crippen MR) is 125 cm³/mol. The average molecular weight is 466 g/mol. The fourth-order valence-electron chi connectivity index (χ4n) is 3.59. The molecule has 0 spiro atoms. The number of pyridine rings is 1. The topological polar surface area (TPSA) is 110 Å². The molecule has 1 aliphatic carbocycles. The highest BCUT2D eigenvalue weighted by molar-refractivity contribution is 5.93. The minimum atomic E-state index is -0.499. The van der Waals surface area contributed by atoms with Crippen molar-refractivity contribution in [3.63, 3.8) is 0 Å². The Balaban J connectivity index is 1.51. The fourth-order valence-corrected chi connectivity index (χ4v) is 3.59. The number of anilines is 1. The number of carbonyl (C=O) groups excluding carboxylic acids is 2. The fraction of sp³-hybridized carbons (Fsp3) is 0.400. The number of carbonyl (C=O) groups is 2. The summed E-state index contributed by atoms with van der Waals surface area (Å²) >= 11 is 0. The molecule has 0 saturated heterocycles. The second-order valence-corrected chi connectivity index (χ2v) is 9.70. The zero-order valence-electron chi connectivity index (χ0n) is 19.9. The first-order valence-electron chi connectivity index (χ1n) is 11.3. The molecule has 1 fully saturated rings. The van der Waals surface area contributed by atoms with Gasteiger partial charge in [-0.25, -0.2) is 9.37 Å². The third-order valence-corrected chi connectivity index (χ3v) is 5.78. The lowest BCUT2D eigenvalue weighted by atomic mass is 9.96. The van der Waals surface area contributed by atoms with Crippen molar-refractivity contribution < 1.29 is 18.5 Å². The Hall–Kier alpha value is -3.62. The van der Waals surface area contributed by atoms with E-state index in [-0.39, 0.29) is 23.1 Å². The zero-order chi connectivity index (χ0) is 24.6. The molecular formula is C25H28FN5O3. The van der Waals surface area contributed by atoms with Crippen LogP contribution >= 0.6 is 0 Å². The Labute approximate surface area is 197 Å². The molecular weight excluding hydrogens is 437 g/mol. The lowest BCUT2D eigenvalue weighted by molar-refractivity contribution is -0.117. The van der Waals surface area contributed by atoms with Crippen molar-refractivity contribution in [2.75, 3.05) is 5.32 Å². The first-order chi connectivity index (χ1) is 16.0. The molecule has 4 rings (SSSR count). The Morgan fingerprint density at radius 3 is 2.59 bits per heavy atom. The number of nitrogens with zero attached hydrogens (tertiary/aromatic N) is 3. The molecule has 178 valence electrons. The summed E-state index contributed by atoms with van der Waals surface area (Å²) in [7, 11) is 0. The van der Waals surface area contributed by atoms with Crippen LogP contribution in [0.4, 0.5) is 10.2 Å². The predicted octanol–water partition coefficient (Wildman–Crippen LogP) is 4.72. The SMILES string of the molecule is Cc1c([C@H](C)NC(=O)c2noc(C(C)(C)C)n2)ccc(-c2ccnc(NC(=O)C3CC3)c2)c1F. The highest BCUT2D eigenvalue weighted by atomic mass is 19.1. The quantitative estimate of drug-likeness (QED) is 0.545. The van der Waals surface area contributed by atoms with E-state index in [9.17, 15) is 9.59 Å². The van der Waals surface area contributed by atoms with Crippen molar-refractivity contribution in [2.45, 2.75) is 58.9 Å². The maximum Gasteiger partial charge on any atom is 0.293 e. The summed E-state index contributed by atoms with van der Waals surface area (Å²) in [5.41, 5.74) is 1.66. The third-order valence-electron chi connectivity index (χ3n) is 5.78. The molecule has 34 heavy (non-hydrogen) atoms. The van der Waals surface area contributed by atoms with Crippen LogP contribution in [-0.2, 0) is 10.2 Å². The Morgan fingerprint density at radius 1 is 1.21 bits per heavy atom. The summed E-state index contributed by atoms with van der Waals surface area (Å²) in [6.45, 7) is 9.16. The molecule has 2 heterocycles. The number of rotatable bonds is 6. The normalized spacial score (nSPS) is 14.5. The van der Waals surface area contributed by atoms with Crippen LogP contribution in [0.3, 0.4) is 0 Å². The maximum atomic E-state index is 15.4. The van der Waals surface area contributed by atoms with E-state index in [2.05, 4.69) is 25.8 Å². The second kappa shape index (κ2) is 8.96. The zero-order valence-corrected chi connectivity index (χ0v) is 19.9. The molecule has 3 aromatic rings. The monoisotopic (exact) mass is 465 g/mol. The minimum absolute atomic E-state index is 0.0490. The van der Waals surface area contributed by atoms with E-state index in [1.807, 2.05) is 20.8 Å². The van der Waals surface area contributed by atoms with Crippen molar-refractivity contribution in [1.29, 1.82) is 0 Å². The van der Waals surface area contributed by atoms with Crippen LogP contribution in [0, 0.1) is 18.7 Å². The van der Waals surface area contributed by atoms with Crippen LogP contribution in [-0.4, -0.2) is 26.9 Å². The molecule has 9 heteroatoms. The van der Waals surface area contributed by atoms with Crippen LogP contribution in [0.1, 0.15) is 74.2 Å². The number of nitrogens with one attached hydrogen (secondary N) is 2. The highest BCUT2D eigenvalue weighted by Gasteiger charge is 2.30. The van der Waals surface area contributed by atoms with Gasteiger partial charge in [-0.05, 0) is 55.5 Å². The van der Waals surface area contributed by atoms with Crippen LogP contribution < -0.4 is 10.6 Å². The van der Waals surface area contributed by atoms with Gasteiger partial charge in [0, 0.05) is 23.1 Å². The first-order valence-corrected chi connectivity index (χ1v) is 11.3. The van der Waals surface area contributed by atoms with E-state index in [0.29, 0.717) is 34.0 Å². The minimum Gasteiger partial charge on any atom is -0.343 e. The van der Waals surface area contributed by atoms with Gasteiger partial charge in [-0.3, -0.25) is 9.59 Å². The molecule has 0 bridgehead atoms. The lowest BCUT2D eigenvalue weighted by Gasteiger charge is -2.18. The second-order valence-electron chi connectivity index (χ2n) is 9.70. The van der Waals surface area contributed by atoms with E-state index in [1.165, 1.54) is 0 Å². The summed E-state index contributed by atoms with van der Waals surface area (Å²) < 4.78 is 20.6. The van der Waals surface area contributed by atoms with E-state index in [1.54, 1.807) is 44.3 Å². The van der Waals surface area contributed by atoms with E-state index >= 15 is 4.39 Å². The number of hydrogen-bond acceptors (Lipinski definition) is 6. The largest absolute Gasteiger partial charge is 0.343 e. The summed E-state index contributed by atoms with van der Waals surface area (Å²) in [5, 5.41) is 9.35. The smallest absolute Gasteiger partial charge is 0.293 e. The van der Waals surface area contributed by atoms with E-state index < -0.39 is 17.8 Å². The molecule has 0 radical (unpaired) electrons. The van der Waals surface area contributed by atoms with Gasteiger partial charge in [0.15, 0.2) is 0 Å². The summed E-state index contributed by atoms with van der Waals surface area (Å²) in [6.07, 6.45) is 3.32. The molecule has 1 aromatic carbocycles. The van der Waals surface area contributed by atoms with E-state index in [0.717, 1.165) is 12.8 Å². The Morgan fingerprint density at radius 2 is 1.94 bits per heavy atom. The van der Waals surface area contributed by atoms with Crippen molar-refractivity contribution >= 4 is 17.6 Å². The standard InChI is InChI=1S/C25H28FN5O3/c1-13-17(14(2)28-23(33)21-30-24(34-31-21)25(3,4)5)8-9-18(20(13)26)16-10-11-27-19(12-16)29-22(32)15-6-7-15/h8-12,14-15H,6-7H2,1-5H3,(H,28,33)(H,27,29,32)/t14-/m0/s1. The molecule has 0 unspecified atom stereocenters. The van der Waals surface area contributed by atoms with Crippen molar-refractivity contribution in [3.05, 3.63) is 59.1 Å². The molecule has 0 aliphatic heterocycles. The van der Waals surface area contributed by atoms with Gasteiger partial charge in [0.25, 0.3) is 11.7 Å². The van der Waals surface area contributed by atoms with Crippen LogP contribution in [0.15, 0.2) is 35.0 Å². The highest BCUT2D eigenvalue weighted by Crippen LogP contribution is 2.32. The van der Waals surface area contributed by atoms with Gasteiger partial charge in [-0.2, -0.15) is 4.98 Å². The number of aromatic nitrogens is 3. The van der Waals surface area contributed by atoms with Crippen molar-refractivity contribution in [3.8, 4) is 11.1 Å². The molecule has 2 aromatic heterocycles. The molecule has 8 nitrogen and oxygen atoms in total. The molecule has 2 N–H and O–H groups in total. The third kappa shape index (κ3) is 4.98. The molecule has 1 atom stereocenters. The van der Waals surface area contributed by atoms with Crippen LogP contribution in [0.25, 0.3) is 11.1 Å². The van der Waals surface area contributed by atoms with Crippen molar-refractivity contribution in [1.82, 2.24) is 20.4 Å². The molecule has 2 amide bonds. The van der Waals surface area contributed by atoms with Gasteiger partial charge in [0.1, 0.15) is 11.6 Å². The van der Waals surface area contributed by atoms with Crippen LogP contribution in [0.5, 0.6) is 0 Å². The van der Waals surface area contributed by atoms with Gasteiger partial charge < -0.3 is 15.2 Å². The lowest BCUT2D eigenvalue weighted by Crippen LogP contribution is -2.28. The average Bonchev–Trinajstić information content (AvgIpc) is 3.50.